The van der Waals surface area contributed by atoms with Crippen LogP contribution in [0.5, 0.6) is 0 Å². The molecule has 0 spiro atoms. The highest BCUT2D eigenvalue weighted by molar-refractivity contribution is 7.27. The number of furan rings is 1. The molecule has 0 unspecified atom stereocenters. The van der Waals surface area contributed by atoms with Gasteiger partial charge in [0.25, 0.3) is 0 Å². The Hall–Kier alpha value is -6.76. The van der Waals surface area contributed by atoms with Gasteiger partial charge in [-0.25, -0.2) is 0 Å². The number of hydrogen-bond acceptors (Lipinski definition) is 4. The quantitative estimate of drug-likeness (QED) is 0.186. The molecule has 0 saturated heterocycles. The maximum atomic E-state index is 6.14. The number of hydrogen-bond donors (Lipinski definition) is 0. The molecular formula is C46H26N4OS. The third-order valence-electron chi connectivity index (χ3n) is 10.6. The summed E-state index contributed by atoms with van der Waals surface area (Å²) in [6.45, 7) is 0. The van der Waals surface area contributed by atoms with Crippen molar-refractivity contribution in [3.8, 4) is 22.6 Å². The topological polar surface area (TPSA) is 48.8 Å². The second-order valence-corrected chi connectivity index (χ2v) is 14.4. The predicted molar refractivity (Wildman–Crippen MR) is 216 cm³/mol. The first-order valence-corrected chi connectivity index (χ1v) is 18.2. The molecule has 0 fully saturated rings. The first-order chi connectivity index (χ1) is 25.8. The van der Waals surface area contributed by atoms with Crippen molar-refractivity contribution >= 4 is 97.2 Å². The van der Waals surface area contributed by atoms with E-state index in [1.807, 2.05) is 48.0 Å². The van der Waals surface area contributed by atoms with Crippen LogP contribution in [-0.4, -0.2) is 19.1 Å². The van der Waals surface area contributed by atoms with Crippen molar-refractivity contribution in [1.82, 2.24) is 19.1 Å². The van der Waals surface area contributed by atoms with Gasteiger partial charge in [-0.3, -0.25) is 9.97 Å². The van der Waals surface area contributed by atoms with Gasteiger partial charge in [-0.15, -0.1) is 11.3 Å². The van der Waals surface area contributed by atoms with Crippen molar-refractivity contribution in [3.05, 3.63) is 158 Å². The summed E-state index contributed by atoms with van der Waals surface area (Å²) in [7, 11) is 0. The Morgan fingerprint density at radius 3 is 1.83 bits per heavy atom. The Morgan fingerprint density at radius 2 is 1.12 bits per heavy atom. The Morgan fingerprint density at radius 1 is 0.442 bits per heavy atom. The monoisotopic (exact) mass is 682 g/mol. The van der Waals surface area contributed by atoms with Crippen LogP contribution in [-0.2, 0) is 0 Å². The maximum absolute atomic E-state index is 6.14. The molecule has 6 aromatic carbocycles. The highest BCUT2D eigenvalue weighted by Gasteiger charge is 2.22. The molecule has 0 saturated carbocycles. The number of para-hydroxylation sites is 2. The molecule has 0 atom stereocenters. The first kappa shape index (κ1) is 28.0. The molecule has 6 heterocycles. The lowest BCUT2D eigenvalue weighted by molar-refractivity contribution is 0.668. The van der Waals surface area contributed by atoms with Crippen LogP contribution >= 0.6 is 11.3 Å². The minimum absolute atomic E-state index is 0.803. The van der Waals surface area contributed by atoms with Gasteiger partial charge in [0.05, 0.1) is 27.8 Å². The standard InChI is InChI=1S/C46H26N4OS/c1-3-14-36-32(11-1)42-38(49(36)28-10-7-9-27(25-28)35-13-5-6-23-47-35)20-18-30-31-19-21-39-43(46(31)52-45(30)42)33-12-2-4-15-37(33)50(39)29-17-22-40-34(26-29)44-41(51-40)16-8-24-48-44/h1-26H. The van der Waals surface area contributed by atoms with Crippen molar-refractivity contribution in [2.45, 2.75) is 0 Å². The normalized spacial score (nSPS) is 12.2. The van der Waals surface area contributed by atoms with Gasteiger partial charge < -0.3 is 13.6 Å². The number of thiophene rings is 1. The van der Waals surface area contributed by atoms with E-state index in [4.69, 9.17) is 4.42 Å². The summed E-state index contributed by atoms with van der Waals surface area (Å²) in [6.07, 6.45) is 3.68. The van der Waals surface area contributed by atoms with Gasteiger partial charge in [-0.2, -0.15) is 0 Å². The van der Waals surface area contributed by atoms with E-state index in [-0.39, 0.29) is 0 Å². The third-order valence-corrected chi connectivity index (χ3v) is 11.9. The average molecular weight is 683 g/mol. The van der Waals surface area contributed by atoms with Crippen LogP contribution in [0.1, 0.15) is 0 Å². The maximum Gasteiger partial charge on any atom is 0.153 e. The smallest absolute Gasteiger partial charge is 0.153 e. The Kier molecular flexibility index (Phi) is 5.59. The molecule has 6 aromatic heterocycles. The summed E-state index contributed by atoms with van der Waals surface area (Å²) in [6, 6.07) is 52.0. The minimum atomic E-state index is 0.803. The van der Waals surface area contributed by atoms with E-state index in [0.717, 1.165) is 44.7 Å². The van der Waals surface area contributed by atoms with E-state index < -0.39 is 0 Å². The second kappa shape index (κ2) is 10.4. The van der Waals surface area contributed by atoms with Crippen LogP contribution in [0.3, 0.4) is 0 Å². The highest BCUT2D eigenvalue weighted by Crippen LogP contribution is 2.47. The van der Waals surface area contributed by atoms with E-state index in [9.17, 15) is 0 Å². The summed E-state index contributed by atoms with van der Waals surface area (Å²) in [5.41, 5.74) is 11.6. The zero-order valence-corrected chi connectivity index (χ0v) is 28.4. The van der Waals surface area contributed by atoms with Gasteiger partial charge in [0, 0.05) is 76.4 Å². The van der Waals surface area contributed by atoms with E-state index in [0.29, 0.717) is 0 Å². The van der Waals surface area contributed by atoms with Crippen LogP contribution < -0.4 is 0 Å². The van der Waals surface area contributed by atoms with Crippen LogP contribution in [0.25, 0.3) is 108 Å². The van der Waals surface area contributed by atoms with E-state index in [1.165, 1.54) is 63.8 Å². The van der Waals surface area contributed by atoms with Gasteiger partial charge in [0.2, 0.25) is 0 Å². The van der Waals surface area contributed by atoms with Crippen LogP contribution in [0, 0.1) is 0 Å². The van der Waals surface area contributed by atoms with Crippen LogP contribution in [0.4, 0.5) is 0 Å². The highest BCUT2D eigenvalue weighted by atomic mass is 32.1. The summed E-state index contributed by atoms with van der Waals surface area (Å²) < 4.78 is 13.6. The Labute approximate surface area is 300 Å². The molecule has 0 amide bonds. The van der Waals surface area contributed by atoms with Crippen molar-refractivity contribution in [1.29, 1.82) is 0 Å². The number of benzene rings is 6. The molecule has 12 rings (SSSR count). The molecule has 12 aromatic rings. The molecule has 5 nitrogen and oxygen atoms in total. The lowest BCUT2D eigenvalue weighted by Gasteiger charge is -2.10. The lowest BCUT2D eigenvalue weighted by atomic mass is 10.1. The fourth-order valence-corrected chi connectivity index (χ4v) is 9.83. The van der Waals surface area contributed by atoms with E-state index in [1.54, 1.807) is 0 Å². The fourth-order valence-electron chi connectivity index (χ4n) is 8.41. The third kappa shape index (κ3) is 3.76. The second-order valence-electron chi connectivity index (χ2n) is 13.4. The van der Waals surface area contributed by atoms with Gasteiger partial charge in [0.1, 0.15) is 11.1 Å². The summed E-state index contributed by atoms with van der Waals surface area (Å²) in [5, 5.41) is 8.66. The molecule has 0 aliphatic heterocycles. The van der Waals surface area contributed by atoms with Crippen molar-refractivity contribution in [2.24, 2.45) is 0 Å². The van der Waals surface area contributed by atoms with Crippen LogP contribution in [0.2, 0.25) is 0 Å². The van der Waals surface area contributed by atoms with Gasteiger partial charge >= 0.3 is 0 Å². The summed E-state index contributed by atoms with van der Waals surface area (Å²) >= 11 is 1.91. The zero-order chi connectivity index (χ0) is 33.9. The summed E-state index contributed by atoms with van der Waals surface area (Å²) in [5.74, 6) is 0. The molecule has 6 heteroatoms. The number of nitrogens with zero attached hydrogens (tertiary/aromatic N) is 4. The molecule has 0 aliphatic rings. The Bertz CT molecular complexity index is 3420. The van der Waals surface area contributed by atoms with Crippen molar-refractivity contribution in [2.75, 3.05) is 0 Å². The fraction of sp³-hybridized carbons (Fsp3) is 0. The van der Waals surface area contributed by atoms with Crippen molar-refractivity contribution in [3.63, 3.8) is 0 Å². The predicted octanol–water partition coefficient (Wildman–Crippen LogP) is 12.6. The molecule has 0 radical (unpaired) electrons. The average Bonchev–Trinajstić information content (AvgIpc) is 3.95. The molecule has 0 aliphatic carbocycles. The Balaban J connectivity index is 1.14. The molecule has 0 N–H and O–H groups in total. The van der Waals surface area contributed by atoms with Crippen molar-refractivity contribution < 1.29 is 4.42 Å². The molecule has 242 valence electrons. The SMILES string of the molecule is c1ccc(-c2cccc(-n3c4ccccc4c4c5sc6c(ccc7c6c6ccccc6n7-c6ccc7oc8cccnc8c7c6)c5ccc43)c2)nc1. The lowest BCUT2D eigenvalue weighted by Crippen LogP contribution is -1.94. The minimum Gasteiger partial charge on any atom is -0.454 e. The molecule has 0 bridgehead atoms. The van der Waals surface area contributed by atoms with Gasteiger partial charge in [-0.1, -0.05) is 66.7 Å². The number of rotatable bonds is 3. The first-order valence-electron chi connectivity index (χ1n) is 17.4. The van der Waals surface area contributed by atoms with E-state index >= 15 is 0 Å². The van der Waals surface area contributed by atoms with Gasteiger partial charge in [-0.05, 0) is 78.9 Å². The zero-order valence-electron chi connectivity index (χ0n) is 27.6. The molecular weight excluding hydrogens is 657 g/mol. The van der Waals surface area contributed by atoms with Gasteiger partial charge in [0.15, 0.2) is 5.58 Å². The van der Waals surface area contributed by atoms with Crippen LogP contribution in [0.15, 0.2) is 162 Å². The number of fused-ring (bicyclic) bond motifs is 14. The largest absolute Gasteiger partial charge is 0.454 e. The summed E-state index contributed by atoms with van der Waals surface area (Å²) in [4.78, 5) is 9.30. The number of pyridine rings is 2. The molecule has 52 heavy (non-hydrogen) atoms. The number of aromatic nitrogens is 4. The van der Waals surface area contributed by atoms with E-state index in [2.05, 4.69) is 140 Å².